The maximum atomic E-state index is 14.0. The fourth-order valence-corrected chi connectivity index (χ4v) is 4.40. The number of sulfonamides is 1. The molecule has 1 heterocycles. The Balaban J connectivity index is 2.49. The summed E-state index contributed by atoms with van der Waals surface area (Å²) in [7, 11) is -4.24. The second-order valence-corrected chi connectivity index (χ2v) is 7.14. The Morgan fingerprint density at radius 1 is 1.33 bits per heavy atom. The normalized spacial score (nSPS) is 21.0. The summed E-state index contributed by atoms with van der Waals surface area (Å²) in [6.45, 7) is 0.0608. The molecule has 21 heavy (non-hydrogen) atoms. The Kier molecular flexibility index (Phi) is 4.85. The zero-order valence-electron chi connectivity index (χ0n) is 11.1. The number of carbonyl (C=O) groups is 1. The van der Waals surface area contributed by atoms with Crippen LogP contribution in [0.2, 0.25) is 5.02 Å². The topological polar surface area (TPSA) is 74.7 Å². The molecule has 8 heteroatoms. The summed E-state index contributed by atoms with van der Waals surface area (Å²) in [6.07, 6.45) is 2.14. The lowest BCUT2D eigenvalue weighted by molar-refractivity contribution is -0.141. The van der Waals surface area contributed by atoms with Crippen molar-refractivity contribution in [2.75, 3.05) is 6.54 Å². The van der Waals surface area contributed by atoms with Gasteiger partial charge in [-0.3, -0.25) is 4.79 Å². The molecule has 1 aromatic carbocycles. The Bertz CT molecular complexity index is 650. The zero-order valence-corrected chi connectivity index (χ0v) is 12.7. The van der Waals surface area contributed by atoms with Crippen molar-refractivity contribution in [2.45, 2.75) is 36.6 Å². The SMILES string of the molecule is O=C(O)C1CCCCCN1S(=O)(=O)c1cccc(Cl)c1F. The van der Waals surface area contributed by atoms with E-state index >= 15 is 0 Å². The van der Waals surface area contributed by atoms with Gasteiger partial charge in [0.25, 0.3) is 0 Å². The third-order valence-electron chi connectivity index (χ3n) is 3.49. The highest BCUT2D eigenvalue weighted by Gasteiger charge is 2.38. The number of aliphatic carboxylic acids is 1. The van der Waals surface area contributed by atoms with E-state index in [1.165, 1.54) is 12.1 Å². The summed E-state index contributed by atoms with van der Waals surface area (Å²) in [5.41, 5.74) is 0. The average molecular weight is 336 g/mol. The minimum absolute atomic E-state index is 0.0608. The molecular weight excluding hydrogens is 321 g/mol. The molecule has 0 radical (unpaired) electrons. The molecule has 1 N–H and O–H groups in total. The smallest absolute Gasteiger partial charge is 0.322 e. The van der Waals surface area contributed by atoms with Gasteiger partial charge in [0.05, 0.1) is 5.02 Å². The highest BCUT2D eigenvalue weighted by atomic mass is 35.5. The van der Waals surface area contributed by atoms with E-state index in [0.717, 1.165) is 16.8 Å². The van der Waals surface area contributed by atoms with E-state index in [0.29, 0.717) is 12.8 Å². The summed E-state index contributed by atoms with van der Waals surface area (Å²) in [5, 5.41) is 8.93. The number of hydrogen-bond donors (Lipinski definition) is 1. The quantitative estimate of drug-likeness (QED) is 0.921. The molecule has 1 unspecified atom stereocenters. The molecule has 1 aliphatic heterocycles. The van der Waals surface area contributed by atoms with Gasteiger partial charge >= 0.3 is 5.97 Å². The lowest BCUT2D eigenvalue weighted by atomic mass is 10.1. The van der Waals surface area contributed by atoms with Crippen molar-refractivity contribution in [3.05, 3.63) is 29.0 Å². The van der Waals surface area contributed by atoms with Crippen molar-refractivity contribution in [3.63, 3.8) is 0 Å². The highest BCUT2D eigenvalue weighted by Crippen LogP contribution is 2.29. The maximum Gasteiger partial charge on any atom is 0.322 e. The first-order valence-electron chi connectivity index (χ1n) is 6.54. The Labute approximate surface area is 127 Å². The Morgan fingerprint density at radius 2 is 2.05 bits per heavy atom. The molecule has 1 aromatic rings. The van der Waals surface area contributed by atoms with Crippen LogP contribution in [0.4, 0.5) is 4.39 Å². The van der Waals surface area contributed by atoms with Crippen LogP contribution in [-0.4, -0.2) is 36.4 Å². The van der Waals surface area contributed by atoms with Gasteiger partial charge in [-0.2, -0.15) is 4.31 Å². The molecule has 1 atom stereocenters. The van der Waals surface area contributed by atoms with Crippen LogP contribution in [-0.2, 0) is 14.8 Å². The standard InChI is InChI=1S/C13H15ClFNO4S/c14-9-5-4-7-11(12(9)15)21(19,20)16-8-3-1-2-6-10(16)13(17)18/h4-5,7,10H,1-3,6,8H2,(H,17,18). The van der Waals surface area contributed by atoms with Gasteiger partial charge in [0.15, 0.2) is 5.82 Å². The number of benzene rings is 1. The van der Waals surface area contributed by atoms with Crippen LogP contribution in [0.3, 0.4) is 0 Å². The van der Waals surface area contributed by atoms with Crippen molar-refractivity contribution >= 4 is 27.6 Å². The third kappa shape index (κ3) is 3.20. The lowest BCUT2D eigenvalue weighted by Crippen LogP contribution is -2.44. The largest absolute Gasteiger partial charge is 0.480 e. The van der Waals surface area contributed by atoms with Crippen LogP contribution in [0.1, 0.15) is 25.7 Å². The van der Waals surface area contributed by atoms with E-state index in [4.69, 9.17) is 11.6 Å². The van der Waals surface area contributed by atoms with Crippen molar-refractivity contribution in [1.29, 1.82) is 0 Å². The molecule has 1 fully saturated rings. The van der Waals surface area contributed by atoms with Crippen LogP contribution < -0.4 is 0 Å². The van der Waals surface area contributed by atoms with Crippen molar-refractivity contribution < 1.29 is 22.7 Å². The Hall–Kier alpha value is -1.18. The van der Waals surface area contributed by atoms with E-state index < -0.39 is 32.7 Å². The monoisotopic (exact) mass is 335 g/mol. The number of hydrogen-bond acceptors (Lipinski definition) is 3. The fraction of sp³-hybridized carbons (Fsp3) is 0.462. The average Bonchev–Trinajstić information content (AvgIpc) is 2.67. The number of nitrogens with zero attached hydrogens (tertiary/aromatic N) is 1. The number of carboxylic acid groups (broad SMARTS) is 1. The fourth-order valence-electron chi connectivity index (χ4n) is 2.43. The molecule has 0 amide bonds. The van der Waals surface area contributed by atoms with Gasteiger partial charge in [0, 0.05) is 6.54 Å². The molecule has 0 aromatic heterocycles. The van der Waals surface area contributed by atoms with Crippen LogP contribution in [0.5, 0.6) is 0 Å². The van der Waals surface area contributed by atoms with Gasteiger partial charge in [-0.25, -0.2) is 12.8 Å². The second kappa shape index (κ2) is 6.29. The van der Waals surface area contributed by atoms with Gasteiger partial charge in [0.1, 0.15) is 10.9 Å². The molecule has 5 nitrogen and oxygen atoms in total. The van der Waals surface area contributed by atoms with Crippen LogP contribution >= 0.6 is 11.6 Å². The van der Waals surface area contributed by atoms with Crippen molar-refractivity contribution in [3.8, 4) is 0 Å². The van der Waals surface area contributed by atoms with Gasteiger partial charge in [0.2, 0.25) is 10.0 Å². The number of halogens is 2. The molecule has 2 rings (SSSR count). The summed E-state index contributed by atoms with van der Waals surface area (Å²) < 4.78 is 40.1. The molecule has 0 saturated carbocycles. The molecule has 0 aliphatic carbocycles. The number of rotatable bonds is 3. The van der Waals surface area contributed by atoms with Crippen LogP contribution in [0.15, 0.2) is 23.1 Å². The van der Waals surface area contributed by atoms with Crippen LogP contribution in [0, 0.1) is 5.82 Å². The molecular formula is C13H15ClFNO4S. The first-order chi connectivity index (χ1) is 9.85. The van der Waals surface area contributed by atoms with Gasteiger partial charge < -0.3 is 5.11 Å². The molecule has 1 aliphatic rings. The molecule has 116 valence electrons. The highest BCUT2D eigenvalue weighted by molar-refractivity contribution is 7.89. The summed E-state index contributed by atoms with van der Waals surface area (Å²) >= 11 is 5.62. The third-order valence-corrected chi connectivity index (χ3v) is 5.71. The van der Waals surface area contributed by atoms with E-state index in [1.54, 1.807) is 0 Å². The Morgan fingerprint density at radius 3 is 2.71 bits per heavy atom. The van der Waals surface area contributed by atoms with Gasteiger partial charge in [-0.1, -0.05) is 30.5 Å². The predicted octanol–water partition coefficient (Wildman–Crippen LogP) is 2.50. The van der Waals surface area contributed by atoms with Crippen LogP contribution in [0.25, 0.3) is 0 Å². The minimum atomic E-state index is -4.24. The second-order valence-electron chi connectivity index (χ2n) is 4.87. The maximum absolute atomic E-state index is 14.0. The van der Waals surface area contributed by atoms with Gasteiger partial charge in [-0.05, 0) is 25.0 Å². The first kappa shape index (κ1) is 16.2. The number of carboxylic acids is 1. The van der Waals surface area contributed by atoms with Gasteiger partial charge in [-0.15, -0.1) is 0 Å². The lowest BCUT2D eigenvalue weighted by Gasteiger charge is -2.26. The van der Waals surface area contributed by atoms with E-state index in [-0.39, 0.29) is 18.0 Å². The minimum Gasteiger partial charge on any atom is -0.480 e. The summed E-state index contributed by atoms with van der Waals surface area (Å²) in [4.78, 5) is 10.7. The molecule has 0 spiro atoms. The predicted molar refractivity (Wildman–Crippen MR) is 75.2 cm³/mol. The summed E-state index contributed by atoms with van der Waals surface area (Å²) in [5.74, 6) is -2.27. The van der Waals surface area contributed by atoms with Crippen molar-refractivity contribution in [2.24, 2.45) is 0 Å². The molecule has 0 bridgehead atoms. The first-order valence-corrected chi connectivity index (χ1v) is 8.36. The zero-order chi connectivity index (χ0) is 15.6. The van der Waals surface area contributed by atoms with E-state index in [1.807, 2.05) is 0 Å². The van der Waals surface area contributed by atoms with Crippen molar-refractivity contribution in [1.82, 2.24) is 4.31 Å². The van der Waals surface area contributed by atoms with E-state index in [2.05, 4.69) is 0 Å². The molecule has 1 saturated heterocycles. The summed E-state index contributed by atoms with van der Waals surface area (Å²) in [6, 6.07) is 2.50. The van der Waals surface area contributed by atoms with E-state index in [9.17, 15) is 22.7 Å².